The number of rotatable bonds is 3. The third-order valence-corrected chi connectivity index (χ3v) is 5.28. The standard InChI is InChI=1S/C15H20N2OS/c1-16-9-11-5-4-8-17(11)15(18)13-10-19-14-7-3-2-6-12(13)14/h2-3,6-7,11,13,16H,4-5,8-10H2,1H3. The van der Waals surface area contributed by atoms with E-state index in [2.05, 4.69) is 28.4 Å². The van der Waals surface area contributed by atoms with Gasteiger partial charge in [0.1, 0.15) is 0 Å². The fourth-order valence-corrected chi connectivity index (χ4v) is 4.36. The summed E-state index contributed by atoms with van der Waals surface area (Å²) in [5.41, 5.74) is 1.23. The van der Waals surface area contributed by atoms with E-state index in [0.717, 1.165) is 31.7 Å². The third-order valence-electron chi connectivity index (χ3n) is 4.10. The molecule has 3 nitrogen and oxygen atoms in total. The first-order valence-corrected chi connectivity index (χ1v) is 7.96. The second-order valence-corrected chi connectivity index (χ2v) is 6.35. The van der Waals surface area contributed by atoms with Crippen LogP contribution in [0.1, 0.15) is 24.3 Å². The van der Waals surface area contributed by atoms with Gasteiger partial charge in [0.25, 0.3) is 0 Å². The molecule has 4 heteroatoms. The van der Waals surface area contributed by atoms with E-state index in [4.69, 9.17) is 0 Å². The molecule has 0 radical (unpaired) electrons. The molecule has 2 aliphatic heterocycles. The number of hydrogen-bond acceptors (Lipinski definition) is 3. The minimum Gasteiger partial charge on any atom is -0.338 e. The van der Waals surface area contributed by atoms with E-state index in [1.807, 2.05) is 24.9 Å². The molecule has 1 aromatic carbocycles. The molecule has 3 rings (SSSR count). The average molecular weight is 276 g/mol. The molecule has 0 bridgehead atoms. The molecule has 0 aromatic heterocycles. The van der Waals surface area contributed by atoms with Crippen LogP contribution in [-0.4, -0.2) is 42.7 Å². The van der Waals surface area contributed by atoms with Crippen LogP contribution >= 0.6 is 11.8 Å². The van der Waals surface area contributed by atoms with Crippen LogP contribution in [-0.2, 0) is 4.79 Å². The summed E-state index contributed by atoms with van der Waals surface area (Å²) in [5, 5.41) is 3.21. The highest BCUT2D eigenvalue weighted by atomic mass is 32.2. The Balaban J connectivity index is 1.78. The van der Waals surface area contributed by atoms with E-state index in [1.54, 1.807) is 0 Å². The van der Waals surface area contributed by atoms with Crippen LogP contribution in [0, 0.1) is 0 Å². The van der Waals surface area contributed by atoms with E-state index >= 15 is 0 Å². The van der Waals surface area contributed by atoms with Crippen LogP contribution in [0.4, 0.5) is 0 Å². The van der Waals surface area contributed by atoms with E-state index < -0.39 is 0 Å². The summed E-state index contributed by atoms with van der Waals surface area (Å²) < 4.78 is 0. The number of carbonyl (C=O) groups excluding carboxylic acids is 1. The van der Waals surface area contributed by atoms with Crippen molar-refractivity contribution in [2.24, 2.45) is 0 Å². The lowest BCUT2D eigenvalue weighted by Gasteiger charge is -2.27. The Labute approximate surface area is 118 Å². The first kappa shape index (κ1) is 13.0. The van der Waals surface area contributed by atoms with Crippen LogP contribution in [0.3, 0.4) is 0 Å². The number of fused-ring (bicyclic) bond motifs is 1. The summed E-state index contributed by atoms with van der Waals surface area (Å²) in [5.74, 6) is 1.30. The quantitative estimate of drug-likeness (QED) is 0.917. The zero-order chi connectivity index (χ0) is 13.2. The zero-order valence-electron chi connectivity index (χ0n) is 11.3. The van der Waals surface area contributed by atoms with Gasteiger partial charge in [0.05, 0.1) is 5.92 Å². The van der Waals surface area contributed by atoms with Crippen molar-refractivity contribution in [2.45, 2.75) is 29.7 Å². The SMILES string of the molecule is CNCC1CCCN1C(=O)C1CSc2ccccc21. The number of nitrogens with zero attached hydrogens (tertiary/aromatic N) is 1. The Hall–Kier alpha value is -1.00. The summed E-state index contributed by atoms with van der Waals surface area (Å²) in [7, 11) is 1.96. The van der Waals surface area contributed by atoms with Gasteiger partial charge < -0.3 is 10.2 Å². The number of amides is 1. The fourth-order valence-electron chi connectivity index (χ4n) is 3.14. The molecule has 2 unspecified atom stereocenters. The first-order valence-electron chi connectivity index (χ1n) is 6.98. The van der Waals surface area contributed by atoms with Crippen LogP contribution in [0.25, 0.3) is 0 Å². The summed E-state index contributed by atoms with van der Waals surface area (Å²) in [6, 6.07) is 8.72. The number of nitrogens with one attached hydrogen (secondary N) is 1. The molecule has 1 saturated heterocycles. The van der Waals surface area contributed by atoms with Gasteiger partial charge in [-0.3, -0.25) is 4.79 Å². The first-order chi connectivity index (χ1) is 9.31. The molecular weight excluding hydrogens is 256 g/mol. The summed E-state index contributed by atoms with van der Waals surface area (Å²) >= 11 is 1.81. The average Bonchev–Trinajstić information content (AvgIpc) is 3.04. The van der Waals surface area contributed by atoms with Crippen molar-refractivity contribution < 1.29 is 4.79 Å². The number of likely N-dealkylation sites (tertiary alicyclic amines) is 1. The van der Waals surface area contributed by atoms with Gasteiger partial charge in [0.2, 0.25) is 5.91 Å². The smallest absolute Gasteiger partial charge is 0.231 e. The molecule has 1 amide bonds. The Morgan fingerprint density at radius 1 is 1.47 bits per heavy atom. The summed E-state index contributed by atoms with van der Waals surface area (Å²) in [4.78, 5) is 16.2. The van der Waals surface area contributed by atoms with Gasteiger partial charge in [0, 0.05) is 29.8 Å². The van der Waals surface area contributed by atoms with E-state index in [9.17, 15) is 4.79 Å². The molecule has 2 heterocycles. The molecule has 1 aromatic rings. The largest absolute Gasteiger partial charge is 0.338 e. The highest BCUT2D eigenvalue weighted by Gasteiger charge is 2.36. The van der Waals surface area contributed by atoms with Gasteiger partial charge >= 0.3 is 0 Å². The van der Waals surface area contributed by atoms with E-state index in [-0.39, 0.29) is 5.92 Å². The molecule has 1 N–H and O–H groups in total. The molecule has 0 spiro atoms. The monoisotopic (exact) mass is 276 g/mol. The minimum absolute atomic E-state index is 0.0682. The van der Waals surface area contributed by atoms with Crippen molar-refractivity contribution in [3.63, 3.8) is 0 Å². The van der Waals surface area contributed by atoms with Crippen LogP contribution in [0.2, 0.25) is 0 Å². The molecule has 1 fully saturated rings. The highest BCUT2D eigenvalue weighted by Crippen LogP contribution is 2.41. The van der Waals surface area contributed by atoms with Gasteiger partial charge in [-0.2, -0.15) is 0 Å². The number of thioether (sulfide) groups is 1. The zero-order valence-corrected chi connectivity index (χ0v) is 12.1. The van der Waals surface area contributed by atoms with Gasteiger partial charge in [0.15, 0.2) is 0 Å². The maximum absolute atomic E-state index is 12.8. The molecule has 19 heavy (non-hydrogen) atoms. The molecule has 0 aliphatic carbocycles. The van der Waals surface area contributed by atoms with Gasteiger partial charge in [-0.15, -0.1) is 11.8 Å². The predicted molar refractivity (Wildman–Crippen MR) is 78.6 cm³/mol. The molecule has 2 atom stereocenters. The van der Waals surface area contributed by atoms with Crippen LogP contribution < -0.4 is 5.32 Å². The molecule has 102 valence electrons. The summed E-state index contributed by atoms with van der Waals surface area (Å²) in [6.07, 6.45) is 2.27. The number of likely N-dealkylation sites (N-methyl/N-ethyl adjacent to an activating group) is 1. The maximum Gasteiger partial charge on any atom is 0.231 e. The lowest BCUT2D eigenvalue weighted by Crippen LogP contribution is -2.43. The fraction of sp³-hybridized carbons (Fsp3) is 0.533. The van der Waals surface area contributed by atoms with Gasteiger partial charge in [-0.1, -0.05) is 18.2 Å². The predicted octanol–water partition coefficient (Wildman–Crippen LogP) is 2.09. The van der Waals surface area contributed by atoms with Crippen molar-refractivity contribution in [3.05, 3.63) is 29.8 Å². The Bertz CT molecular complexity index is 477. The topological polar surface area (TPSA) is 32.3 Å². The highest BCUT2D eigenvalue weighted by molar-refractivity contribution is 7.99. The van der Waals surface area contributed by atoms with E-state index in [1.165, 1.54) is 10.5 Å². The second-order valence-electron chi connectivity index (χ2n) is 5.29. The Morgan fingerprint density at radius 2 is 2.32 bits per heavy atom. The van der Waals surface area contributed by atoms with Gasteiger partial charge in [-0.05, 0) is 31.5 Å². The van der Waals surface area contributed by atoms with Crippen molar-refractivity contribution in [3.8, 4) is 0 Å². The van der Waals surface area contributed by atoms with Gasteiger partial charge in [-0.25, -0.2) is 0 Å². The lowest BCUT2D eigenvalue weighted by atomic mass is 9.99. The number of benzene rings is 1. The summed E-state index contributed by atoms with van der Waals surface area (Å²) in [6.45, 7) is 1.84. The lowest BCUT2D eigenvalue weighted by molar-refractivity contribution is -0.133. The Kier molecular flexibility index (Phi) is 3.80. The third kappa shape index (κ3) is 2.39. The van der Waals surface area contributed by atoms with Crippen molar-refractivity contribution in [2.75, 3.05) is 25.9 Å². The molecule has 0 saturated carbocycles. The second kappa shape index (κ2) is 5.55. The van der Waals surface area contributed by atoms with Crippen LogP contribution in [0.5, 0.6) is 0 Å². The Morgan fingerprint density at radius 3 is 3.16 bits per heavy atom. The normalized spacial score (nSPS) is 25.6. The van der Waals surface area contributed by atoms with Crippen molar-refractivity contribution in [1.82, 2.24) is 10.2 Å². The van der Waals surface area contributed by atoms with Crippen LogP contribution in [0.15, 0.2) is 29.2 Å². The molecule has 2 aliphatic rings. The maximum atomic E-state index is 12.8. The van der Waals surface area contributed by atoms with Crippen molar-refractivity contribution in [1.29, 1.82) is 0 Å². The molecular formula is C15H20N2OS. The van der Waals surface area contributed by atoms with Crippen molar-refractivity contribution >= 4 is 17.7 Å². The van der Waals surface area contributed by atoms with E-state index in [0.29, 0.717) is 11.9 Å². The number of hydrogen-bond donors (Lipinski definition) is 1. The number of carbonyl (C=O) groups is 1. The minimum atomic E-state index is 0.0682.